The third-order valence-electron chi connectivity index (χ3n) is 5.19. The van der Waals surface area contributed by atoms with Crippen molar-refractivity contribution in [2.45, 2.75) is 19.1 Å². The number of alkyl halides is 3. The first-order valence-corrected chi connectivity index (χ1v) is 11.5. The number of halogens is 4. The number of methoxy groups -OCH3 is 1. The number of allylic oxidation sites excluding steroid dienone is 1. The maximum atomic E-state index is 14.1. The van der Waals surface area contributed by atoms with Crippen LogP contribution in [0.15, 0.2) is 69.6 Å². The fourth-order valence-electron chi connectivity index (χ4n) is 3.65. The summed E-state index contributed by atoms with van der Waals surface area (Å²) < 4.78 is 53.6. The Labute approximate surface area is 206 Å². The Bertz CT molecular complexity index is 1470. The van der Waals surface area contributed by atoms with Crippen LogP contribution in [0.5, 0.6) is 5.75 Å². The van der Waals surface area contributed by atoms with Gasteiger partial charge in [-0.2, -0.15) is 13.2 Å². The van der Waals surface area contributed by atoms with E-state index in [1.807, 2.05) is 0 Å². The molecule has 1 unspecified atom stereocenters. The van der Waals surface area contributed by atoms with Crippen molar-refractivity contribution in [3.8, 4) is 5.75 Å². The van der Waals surface area contributed by atoms with Crippen LogP contribution in [0.3, 0.4) is 0 Å². The van der Waals surface area contributed by atoms with E-state index < -0.39 is 35.0 Å². The first kappa shape index (κ1) is 24.7. The number of esters is 1. The van der Waals surface area contributed by atoms with Crippen LogP contribution in [-0.2, 0) is 9.53 Å². The van der Waals surface area contributed by atoms with Crippen LogP contribution in [0.25, 0.3) is 6.08 Å². The van der Waals surface area contributed by atoms with Gasteiger partial charge >= 0.3 is 12.1 Å². The van der Waals surface area contributed by atoms with Crippen molar-refractivity contribution in [2.24, 2.45) is 4.99 Å². The van der Waals surface area contributed by atoms with E-state index in [1.54, 1.807) is 30.3 Å². The van der Waals surface area contributed by atoms with Gasteiger partial charge in [-0.05, 0) is 48.4 Å². The summed E-state index contributed by atoms with van der Waals surface area (Å²) in [7, 11) is 1.52. The van der Waals surface area contributed by atoms with Crippen molar-refractivity contribution in [1.82, 2.24) is 4.57 Å². The molecule has 1 aliphatic heterocycles. The number of thiazole rings is 1. The van der Waals surface area contributed by atoms with E-state index in [1.165, 1.54) is 38.3 Å². The molecule has 1 atom stereocenters. The standard InChI is InChI=1S/C24H18ClF3N2O4S/c1-3-34-22(32)18-19(14-6-8-15(25)9-7-14)30-21(31)17(12-13-4-10-16(33-2)11-5-13)35-23(30)29-20(18)24(26,27)28/h4-12,19H,3H2,1-2H3. The van der Waals surface area contributed by atoms with Gasteiger partial charge in [0, 0.05) is 5.02 Å². The van der Waals surface area contributed by atoms with Gasteiger partial charge in [-0.15, -0.1) is 0 Å². The number of carbonyl (C=O) groups excluding carboxylic acids is 1. The van der Waals surface area contributed by atoms with Gasteiger partial charge in [0.2, 0.25) is 0 Å². The average molecular weight is 523 g/mol. The van der Waals surface area contributed by atoms with Crippen molar-refractivity contribution < 1.29 is 27.4 Å². The van der Waals surface area contributed by atoms with Crippen molar-refractivity contribution in [1.29, 1.82) is 0 Å². The molecule has 3 aromatic rings. The van der Waals surface area contributed by atoms with Gasteiger partial charge in [-0.25, -0.2) is 9.79 Å². The van der Waals surface area contributed by atoms with Crippen LogP contribution in [0.2, 0.25) is 5.02 Å². The second-order valence-corrected chi connectivity index (χ2v) is 8.83. The van der Waals surface area contributed by atoms with E-state index in [4.69, 9.17) is 21.1 Å². The molecule has 1 aromatic heterocycles. The van der Waals surface area contributed by atoms with Crippen molar-refractivity contribution in [2.75, 3.05) is 13.7 Å². The van der Waals surface area contributed by atoms with E-state index in [0.29, 0.717) is 16.3 Å². The fraction of sp³-hybridized carbons (Fsp3) is 0.208. The summed E-state index contributed by atoms with van der Waals surface area (Å²) in [5, 5.41) is 0.346. The van der Waals surface area contributed by atoms with Crippen LogP contribution in [0, 0.1) is 0 Å². The molecule has 6 nitrogen and oxygen atoms in total. The summed E-state index contributed by atoms with van der Waals surface area (Å²) in [6, 6.07) is 11.3. The molecule has 2 heterocycles. The highest BCUT2D eigenvalue weighted by molar-refractivity contribution is 7.07. The first-order valence-electron chi connectivity index (χ1n) is 10.3. The molecule has 0 aliphatic carbocycles. The van der Waals surface area contributed by atoms with E-state index in [9.17, 15) is 22.8 Å². The lowest BCUT2D eigenvalue weighted by atomic mass is 9.95. The van der Waals surface area contributed by atoms with Crippen molar-refractivity contribution >= 4 is 35.0 Å². The molecule has 35 heavy (non-hydrogen) atoms. The molecule has 182 valence electrons. The van der Waals surface area contributed by atoms with Gasteiger partial charge in [0.1, 0.15) is 5.75 Å². The molecule has 11 heteroatoms. The molecule has 1 aliphatic rings. The molecule has 0 radical (unpaired) electrons. The SMILES string of the molecule is CCOC(=O)C1=C(C(F)(F)F)N=c2sc(=Cc3ccc(OC)cc3)c(=O)n2C1c1ccc(Cl)cc1. The minimum absolute atomic E-state index is 0.150. The minimum Gasteiger partial charge on any atom is -0.497 e. The Morgan fingerprint density at radius 1 is 1.17 bits per heavy atom. The molecule has 0 bridgehead atoms. The van der Waals surface area contributed by atoms with Gasteiger partial charge in [0.15, 0.2) is 10.5 Å². The summed E-state index contributed by atoms with van der Waals surface area (Å²) in [5.41, 5.74) is -1.85. The first-order chi connectivity index (χ1) is 16.6. The lowest BCUT2D eigenvalue weighted by Gasteiger charge is -2.26. The lowest BCUT2D eigenvalue weighted by Crippen LogP contribution is -2.41. The zero-order valence-corrected chi connectivity index (χ0v) is 20.0. The average Bonchev–Trinajstić information content (AvgIpc) is 3.13. The Morgan fingerprint density at radius 3 is 2.40 bits per heavy atom. The van der Waals surface area contributed by atoms with Crippen molar-refractivity contribution in [3.63, 3.8) is 0 Å². The smallest absolute Gasteiger partial charge is 0.434 e. The Morgan fingerprint density at radius 2 is 1.83 bits per heavy atom. The van der Waals surface area contributed by atoms with Gasteiger partial charge in [0.05, 0.1) is 29.9 Å². The quantitative estimate of drug-likeness (QED) is 0.475. The fourth-order valence-corrected chi connectivity index (χ4v) is 4.78. The molecular weight excluding hydrogens is 505 g/mol. The number of fused-ring (bicyclic) bond motifs is 1. The highest BCUT2D eigenvalue weighted by Crippen LogP contribution is 2.38. The van der Waals surface area contributed by atoms with Crippen LogP contribution in [0.1, 0.15) is 24.1 Å². The lowest BCUT2D eigenvalue weighted by molar-refractivity contribution is -0.140. The Kier molecular flexibility index (Phi) is 6.86. The number of aromatic nitrogens is 1. The summed E-state index contributed by atoms with van der Waals surface area (Å²) in [6.07, 6.45) is -3.42. The minimum atomic E-state index is -4.96. The number of hydrogen-bond donors (Lipinski definition) is 0. The summed E-state index contributed by atoms with van der Waals surface area (Å²) in [4.78, 5) is 29.8. The highest BCUT2D eigenvalue weighted by Gasteiger charge is 2.45. The third-order valence-corrected chi connectivity index (χ3v) is 6.43. The normalized spacial score (nSPS) is 16.1. The number of benzene rings is 2. The van der Waals surface area contributed by atoms with Crippen LogP contribution in [-0.4, -0.2) is 30.4 Å². The third kappa shape index (κ3) is 4.89. The van der Waals surface area contributed by atoms with Crippen LogP contribution in [0.4, 0.5) is 13.2 Å². The van der Waals surface area contributed by atoms with Crippen molar-refractivity contribution in [3.05, 3.63) is 95.6 Å². The van der Waals surface area contributed by atoms with E-state index in [0.717, 1.165) is 15.9 Å². The largest absolute Gasteiger partial charge is 0.497 e. The molecule has 0 saturated heterocycles. The highest BCUT2D eigenvalue weighted by atomic mass is 35.5. The Hall–Kier alpha value is -3.37. The molecular formula is C24H18ClF3N2O4S. The number of rotatable bonds is 5. The Balaban J connectivity index is 2.01. The summed E-state index contributed by atoms with van der Waals surface area (Å²) in [6.45, 7) is 1.33. The molecule has 0 fully saturated rings. The van der Waals surface area contributed by atoms with Crippen LogP contribution < -0.4 is 19.6 Å². The maximum Gasteiger partial charge on any atom is 0.434 e. The van der Waals surface area contributed by atoms with E-state index in [-0.39, 0.29) is 21.5 Å². The molecule has 0 amide bonds. The zero-order valence-electron chi connectivity index (χ0n) is 18.4. The predicted molar refractivity (Wildman–Crippen MR) is 125 cm³/mol. The van der Waals surface area contributed by atoms with Gasteiger partial charge in [0.25, 0.3) is 5.56 Å². The summed E-state index contributed by atoms with van der Waals surface area (Å²) in [5.74, 6) is -0.590. The summed E-state index contributed by atoms with van der Waals surface area (Å²) >= 11 is 6.77. The second kappa shape index (κ2) is 9.71. The zero-order chi connectivity index (χ0) is 25.3. The maximum absolute atomic E-state index is 14.1. The number of nitrogens with zero attached hydrogens (tertiary/aromatic N) is 2. The van der Waals surface area contributed by atoms with Gasteiger partial charge < -0.3 is 9.47 Å². The number of carbonyl (C=O) groups is 1. The van der Waals surface area contributed by atoms with Gasteiger partial charge in [-0.1, -0.05) is 47.2 Å². The van der Waals surface area contributed by atoms with Crippen LogP contribution >= 0.6 is 22.9 Å². The topological polar surface area (TPSA) is 69.9 Å². The monoisotopic (exact) mass is 522 g/mol. The molecule has 4 rings (SSSR count). The molecule has 0 N–H and O–H groups in total. The number of ether oxygens (including phenoxy) is 2. The van der Waals surface area contributed by atoms with E-state index >= 15 is 0 Å². The molecule has 2 aromatic carbocycles. The second-order valence-electron chi connectivity index (χ2n) is 7.39. The predicted octanol–water partition coefficient (Wildman–Crippen LogP) is 4.00. The van der Waals surface area contributed by atoms with Gasteiger partial charge in [-0.3, -0.25) is 9.36 Å². The molecule has 0 spiro atoms. The molecule has 0 saturated carbocycles. The number of hydrogen-bond acceptors (Lipinski definition) is 6. The van der Waals surface area contributed by atoms with E-state index in [2.05, 4.69) is 4.99 Å².